The smallest absolute Gasteiger partial charge is 0.199 e. The third-order valence-electron chi connectivity index (χ3n) is 6.91. The van der Waals surface area contributed by atoms with Crippen molar-refractivity contribution in [1.82, 2.24) is 0 Å². The zero-order chi connectivity index (χ0) is 24.8. The Kier molecular flexibility index (Phi) is 7.06. The number of aliphatic hydroxyl groups is 1. The van der Waals surface area contributed by atoms with Crippen LogP contribution in [0.1, 0.15) is 41.6 Å². The summed E-state index contributed by atoms with van der Waals surface area (Å²) in [4.78, 5) is 14.0. The van der Waals surface area contributed by atoms with Crippen molar-refractivity contribution in [3.8, 4) is 0 Å². The Morgan fingerprint density at radius 2 is 1.22 bits per heavy atom. The molecule has 36 heavy (non-hydrogen) atoms. The highest BCUT2D eigenvalue weighted by Crippen LogP contribution is 2.41. The molecule has 4 nitrogen and oxygen atoms in total. The predicted octanol–water partition coefficient (Wildman–Crippen LogP) is 7.14. The number of ketones is 1. The Bertz CT molecular complexity index is 1270. The number of para-hydroxylation sites is 2. The number of hydrogen-bond donors (Lipinski definition) is 1. The van der Waals surface area contributed by atoms with Crippen molar-refractivity contribution in [3.05, 3.63) is 132 Å². The van der Waals surface area contributed by atoms with Crippen LogP contribution in [0.5, 0.6) is 0 Å². The minimum Gasteiger partial charge on any atom is -0.376 e. The summed E-state index contributed by atoms with van der Waals surface area (Å²) < 4.78 is 0. The largest absolute Gasteiger partial charge is 0.376 e. The van der Waals surface area contributed by atoms with Gasteiger partial charge in [0.2, 0.25) is 0 Å². The van der Waals surface area contributed by atoms with E-state index in [0.717, 1.165) is 36.3 Å². The summed E-state index contributed by atoms with van der Waals surface area (Å²) in [5.41, 5.74) is 2.07. The van der Waals surface area contributed by atoms with Crippen LogP contribution in [0.4, 0.5) is 11.4 Å². The first-order valence-corrected chi connectivity index (χ1v) is 12.5. The van der Waals surface area contributed by atoms with Gasteiger partial charge in [0, 0.05) is 17.2 Å². The predicted molar refractivity (Wildman–Crippen MR) is 146 cm³/mol. The molecule has 1 fully saturated rings. The number of hydrogen-bond acceptors (Lipinski definition) is 4. The molecule has 0 aromatic heterocycles. The summed E-state index contributed by atoms with van der Waals surface area (Å²) >= 11 is 0. The first-order valence-electron chi connectivity index (χ1n) is 12.5. The van der Waals surface area contributed by atoms with Crippen molar-refractivity contribution < 1.29 is 9.90 Å². The summed E-state index contributed by atoms with van der Waals surface area (Å²) in [6, 6.07) is 38.4. The lowest BCUT2D eigenvalue weighted by Gasteiger charge is -2.39. The first kappa shape index (κ1) is 23.7. The van der Waals surface area contributed by atoms with E-state index in [0.29, 0.717) is 17.5 Å². The molecule has 0 aliphatic heterocycles. The van der Waals surface area contributed by atoms with Crippen molar-refractivity contribution in [1.29, 1.82) is 0 Å². The fourth-order valence-electron chi connectivity index (χ4n) is 5.09. The van der Waals surface area contributed by atoms with Gasteiger partial charge in [-0.2, -0.15) is 5.10 Å². The molecule has 0 spiro atoms. The summed E-state index contributed by atoms with van der Waals surface area (Å²) in [5.74, 6) is -0.740. The number of hydrazone groups is 1. The molecule has 1 saturated carbocycles. The van der Waals surface area contributed by atoms with Gasteiger partial charge in [-0.05, 0) is 49.1 Å². The molecule has 5 rings (SSSR count). The number of anilines is 2. The van der Waals surface area contributed by atoms with Crippen LogP contribution in [0, 0.1) is 5.92 Å². The molecular formula is C32H30N2O2. The van der Waals surface area contributed by atoms with Gasteiger partial charge in [-0.25, -0.2) is 5.01 Å². The van der Waals surface area contributed by atoms with Gasteiger partial charge in [-0.15, -0.1) is 0 Å². The summed E-state index contributed by atoms with van der Waals surface area (Å²) in [6.45, 7) is 0. The van der Waals surface area contributed by atoms with Gasteiger partial charge in [-0.3, -0.25) is 4.79 Å². The molecule has 0 amide bonds. The lowest BCUT2D eigenvalue weighted by atomic mass is 9.69. The van der Waals surface area contributed by atoms with Crippen LogP contribution in [0.25, 0.3) is 0 Å². The van der Waals surface area contributed by atoms with Gasteiger partial charge >= 0.3 is 0 Å². The van der Waals surface area contributed by atoms with Crippen LogP contribution >= 0.6 is 0 Å². The maximum absolute atomic E-state index is 14.0. The molecule has 4 aromatic rings. The monoisotopic (exact) mass is 474 g/mol. The Labute approximate surface area is 212 Å². The molecule has 2 unspecified atom stereocenters. The fraction of sp³-hybridized carbons (Fsp3) is 0.188. The van der Waals surface area contributed by atoms with Crippen molar-refractivity contribution in [2.45, 2.75) is 31.3 Å². The zero-order valence-corrected chi connectivity index (χ0v) is 20.2. The zero-order valence-electron chi connectivity index (χ0n) is 20.2. The van der Waals surface area contributed by atoms with E-state index in [1.807, 2.05) is 114 Å². The van der Waals surface area contributed by atoms with Crippen molar-refractivity contribution in [3.63, 3.8) is 0 Å². The molecule has 2 atom stereocenters. The van der Waals surface area contributed by atoms with Crippen LogP contribution in [0.15, 0.2) is 126 Å². The van der Waals surface area contributed by atoms with E-state index in [9.17, 15) is 9.90 Å². The highest BCUT2D eigenvalue weighted by molar-refractivity contribution is 6.07. The summed E-state index contributed by atoms with van der Waals surface area (Å²) in [6.07, 6.45) is 3.30. The van der Waals surface area contributed by atoms with Gasteiger partial charge in [0.05, 0.1) is 11.4 Å². The Balaban J connectivity index is 1.65. The molecule has 180 valence electrons. The van der Waals surface area contributed by atoms with Gasteiger partial charge in [-0.1, -0.05) is 103 Å². The van der Waals surface area contributed by atoms with E-state index in [2.05, 4.69) is 0 Å². The second-order valence-corrected chi connectivity index (χ2v) is 9.20. The maximum Gasteiger partial charge on any atom is 0.199 e. The fourth-order valence-corrected chi connectivity index (χ4v) is 5.09. The Morgan fingerprint density at radius 3 is 1.78 bits per heavy atom. The second-order valence-electron chi connectivity index (χ2n) is 9.20. The molecule has 4 aromatic carbocycles. The van der Waals surface area contributed by atoms with Crippen LogP contribution in [0.3, 0.4) is 0 Å². The van der Waals surface area contributed by atoms with Crippen LogP contribution in [0.2, 0.25) is 0 Å². The van der Waals surface area contributed by atoms with E-state index < -0.39 is 11.5 Å². The topological polar surface area (TPSA) is 52.9 Å². The molecule has 4 heteroatoms. The number of rotatable bonds is 7. The molecule has 1 N–H and O–H groups in total. The average molecular weight is 475 g/mol. The minimum atomic E-state index is -1.72. The van der Waals surface area contributed by atoms with Crippen LogP contribution < -0.4 is 5.01 Å². The van der Waals surface area contributed by atoms with Gasteiger partial charge in [0.25, 0.3) is 0 Å². The summed E-state index contributed by atoms with van der Waals surface area (Å²) in [5, 5.41) is 19.5. The number of benzene rings is 4. The standard InChI is InChI=1S/C32H30N2O2/c35-31(25-15-5-1-6-16-25)32(36,26-17-7-2-8-18-26)29-23-13-14-24-30(29)33-34(27-19-9-3-10-20-27)28-21-11-4-12-22-28/h1-12,15-22,29,36H,13-14,23-24H2. The third-order valence-corrected chi connectivity index (χ3v) is 6.91. The lowest BCUT2D eigenvalue weighted by Crippen LogP contribution is -2.48. The van der Waals surface area contributed by atoms with Gasteiger partial charge < -0.3 is 5.11 Å². The van der Waals surface area contributed by atoms with Crippen LogP contribution in [-0.2, 0) is 5.60 Å². The number of carbonyl (C=O) groups excluding carboxylic acids is 1. The van der Waals surface area contributed by atoms with Crippen molar-refractivity contribution in [2.24, 2.45) is 11.0 Å². The maximum atomic E-state index is 14.0. The lowest BCUT2D eigenvalue weighted by molar-refractivity contribution is 0.00612. The minimum absolute atomic E-state index is 0.292. The SMILES string of the molecule is O=C(c1ccccc1)C(O)(c1ccccc1)C1CCCCC1=NN(c1ccccc1)c1ccccc1. The van der Waals surface area contributed by atoms with E-state index in [1.54, 1.807) is 12.1 Å². The normalized spacial score (nSPS) is 18.4. The Morgan fingerprint density at radius 1 is 0.722 bits per heavy atom. The van der Waals surface area contributed by atoms with Crippen LogP contribution in [-0.4, -0.2) is 16.6 Å². The Hall–Kier alpha value is -4.02. The average Bonchev–Trinajstić information content (AvgIpc) is 2.97. The third kappa shape index (κ3) is 4.73. The summed E-state index contributed by atoms with van der Waals surface area (Å²) in [7, 11) is 0. The van der Waals surface area contributed by atoms with Gasteiger partial charge in [0.15, 0.2) is 11.4 Å². The molecular weight excluding hydrogens is 444 g/mol. The van der Waals surface area contributed by atoms with Crippen molar-refractivity contribution in [2.75, 3.05) is 5.01 Å². The molecule has 1 aliphatic rings. The quantitative estimate of drug-likeness (QED) is 0.229. The number of Topliss-reactive ketones (excluding diaryl/α,β-unsaturated/α-hetero) is 1. The number of nitrogens with zero attached hydrogens (tertiary/aromatic N) is 2. The highest BCUT2D eigenvalue weighted by atomic mass is 16.3. The van der Waals surface area contributed by atoms with E-state index >= 15 is 0 Å². The van der Waals surface area contributed by atoms with Crippen molar-refractivity contribution >= 4 is 22.9 Å². The first-order chi connectivity index (χ1) is 17.7. The molecule has 0 bridgehead atoms. The number of carbonyl (C=O) groups is 1. The molecule has 0 radical (unpaired) electrons. The second kappa shape index (κ2) is 10.7. The van der Waals surface area contributed by atoms with E-state index in [4.69, 9.17) is 5.10 Å². The van der Waals surface area contributed by atoms with E-state index in [-0.39, 0.29) is 5.78 Å². The highest BCUT2D eigenvalue weighted by Gasteiger charge is 2.48. The molecule has 0 saturated heterocycles. The molecule has 0 heterocycles. The molecule has 1 aliphatic carbocycles. The van der Waals surface area contributed by atoms with Gasteiger partial charge in [0.1, 0.15) is 0 Å². The van der Waals surface area contributed by atoms with E-state index in [1.165, 1.54) is 0 Å².